The number of anilines is 2. The lowest BCUT2D eigenvalue weighted by molar-refractivity contribution is 0.102. The van der Waals surface area contributed by atoms with Gasteiger partial charge in [-0.1, -0.05) is 32.0 Å². The number of nitrogens with zero attached hydrogens (tertiary/aromatic N) is 2. The Morgan fingerprint density at radius 1 is 1.22 bits per heavy atom. The van der Waals surface area contributed by atoms with Gasteiger partial charge in [0.05, 0.1) is 0 Å². The molecule has 1 aromatic heterocycles. The molecule has 0 radical (unpaired) electrons. The lowest BCUT2D eigenvalue weighted by Gasteiger charge is -2.14. The van der Waals surface area contributed by atoms with Crippen LogP contribution in [-0.2, 0) is 0 Å². The normalized spacial score (nSPS) is 13.9. The summed E-state index contributed by atoms with van der Waals surface area (Å²) in [6.45, 7) is 6.02. The number of carbonyl (C=O) groups is 1. The minimum absolute atomic E-state index is 0.206. The summed E-state index contributed by atoms with van der Waals surface area (Å²) in [5.41, 5.74) is 2.34. The van der Waals surface area contributed by atoms with E-state index >= 15 is 0 Å². The molecule has 1 aromatic carbocycles. The van der Waals surface area contributed by atoms with Crippen LogP contribution in [0.25, 0.3) is 0 Å². The van der Waals surface area contributed by atoms with E-state index in [1.54, 1.807) is 13.0 Å². The van der Waals surface area contributed by atoms with Gasteiger partial charge in [0.1, 0.15) is 17.3 Å². The summed E-state index contributed by atoms with van der Waals surface area (Å²) >= 11 is 0. The van der Waals surface area contributed by atoms with Crippen LogP contribution in [0.3, 0.4) is 0 Å². The molecular weight excluding hydrogens is 288 g/mol. The van der Waals surface area contributed by atoms with Gasteiger partial charge in [0.2, 0.25) is 0 Å². The van der Waals surface area contributed by atoms with E-state index in [1.165, 1.54) is 0 Å². The van der Waals surface area contributed by atoms with Crippen LogP contribution in [0.15, 0.2) is 30.3 Å². The van der Waals surface area contributed by atoms with E-state index in [-0.39, 0.29) is 5.91 Å². The minimum atomic E-state index is -0.206. The monoisotopic (exact) mass is 310 g/mol. The average Bonchev–Trinajstić information content (AvgIpc) is 3.31. The quantitative estimate of drug-likeness (QED) is 0.883. The summed E-state index contributed by atoms with van der Waals surface area (Å²) in [6, 6.07) is 10.1. The Balaban J connectivity index is 1.81. The van der Waals surface area contributed by atoms with Crippen LogP contribution in [0.4, 0.5) is 11.5 Å². The number of nitrogens with one attached hydrogen (secondary N) is 2. The highest BCUT2D eigenvalue weighted by Crippen LogP contribution is 2.25. The predicted octanol–water partition coefficient (Wildman–Crippen LogP) is 3.74. The third-order valence-electron chi connectivity index (χ3n) is 3.83. The molecule has 5 heteroatoms. The van der Waals surface area contributed by atoms with Gasteiger partial charge in [0, 0.05) is 17.8 Å². The lowest BCUT2D eigenvalue weighted by atomic mass is 10.0. The van der Waals surface area contributed by atoms with Crippen LogP contribution in [0.2, 0.25) is 0 Å². The van der Waals surface area contributed by atoms with Gasteiger partial charge in [-0.3, -0.25) is 4.79 Å². The molecular formula is C18H22N4O. The number of para-hydroxylation sites is 1. The smallest absolute Gasteiger partial charge is 0.274 e. The Morgan fingerprint density at radius 2 is 1.96 bits per heavy atom. The van der Waals surface area contributed by atoms with Crippen LogP contribution < -0.4 is 10.6 Å². The van der Waals surface area contributed by atoms with Crippen molar-refractivity contribution in [2.45, 2.75) is 45.6 Å². The SMILES string of the molecule is Cc1nc(NC2CC2)cc(C(=O)Nc2ccccc2C(C)C)n1. The Hall–Kier alpha value is -2.43. The number of amides is 1. The van der Waals surface area contributed by atoms with Gasteiger partial charge in [0.25, 0.3) is 5.91 Å². The van der Waals surface area contributed by atoms with E-state index in [0.29, 0.717) is 23.5 Å². The van der Waals surface area contributed by atoms with Gasteiger partial charge in [-0.25, -0.2) is 9.97 Å². The summed E-state index contributed by atoms with van der Waals surface area (Å²) < 4.78 is 0. The van der Waals surface area contributed by atoms with Gasteiger partial charge in [-0.05, 0) is 37.3 Å². The zero-order valence-corrected chi connectivity index (χ0v) is 13.8. The molecule has 3 rings (SSSR count). The standard InChI is InChI=1S/C18H22N4O/c1-11(2)14-6-4-5-7-15(14)22-18(23)16-10-17(20-12(3)19-16)21-13-8-9-13/h4-7,10-11,13H,8-9H2,1-3H3,(H,22,23)(H,19,20,21). The second-order valence-electron chi connectivity index (χ2n) is 6.30. The van der Waals surface area contributed by atoms with Crippen molar-refractivity contribution in [2.24, 2.45) is 0 Å². The molecule has 23 heavy (non-hydrogen) atoms. The van der Waals surface area contributed by atoms with Gasteiger partial charge in [-0.2, -0.15) is 0 Å². The molecule has 120 valence electrons. The molecule has 0 spiro atoms. The molecule has 2 N–H and O–H groups in total. The maximum atomic E-state index is 12.6. The van der Waals surface area contributed by atoms with Gasteiger partial charge < -0.3 is 10.6 Å². The third kappa shape index (κ3) is 3.86. The van der Waals surface area contributed by atoms with E-state index < -0.39 is 0 Å². The molecule has 1 aliphatic rings. The van der Waals surface area contributed by atoms with Gasteiger partial charge >= 0.3 is 0 Å². The maximum absolute atomic E-state index is 12.6. The van der Waals surface area contributed by atoms with Crippen molar-refractivity contribution in [2.75, 3.05) is 10.6 Å². The molecule has 1 fully saturated rings. The zero-order valence-electron chi connectivity index (χ0n) is 13.8. The van der Waals surface area contributed by atoms with Crippen molar-refractivity contribution in [1.82, 2.24) is 9.97 Å². The van der Waals surface area contributed by atoms with Crippen LogP contribution in [0, 0.1) is 6.92 Å². The first-order valence-corrected chi connectivity index (χ1v) is 8.05. The van der Waals surface area contributed by atoms with E-state index in [2.05, 4.69) is 34.4 Å². The predicted molar refractivity (Wildman–Crippen MR) is 91.9 cm³/mol. The zero-order chi connectivity index (χ0) is 16.4. The van der Waals surface area contributed by atoms with E-state index in [1.807, 2.05) is 24.3 Å². The van der Waals surface area contributed by atoms with Gasteiger partial charge in [-0.15, -0.1) is 0 Å². The fraction of sp³-hybridized carbons (Fsp3) is 0.389. The third-order valence-corrected chi connectivity index (χ3v) is 3.83. The number of hydrogen-bond donors (Lipinski definition) is 2. The van der Waals surface area contributed by atoms with Crippen molar-refractivity contribution in [3.05, 3.63) is 47.4 Å². The van der Waals surface area contributed by atoms with Crippen molar-refractivity contribution in [3.8, 4) is 0 Å². The summed E-state index contributed by atoms with van der Waals surface area (Å²) in [6.07, 6.45) is 2.32. The molecule has 0 aliphatic heterocycles. The first-order valence-electron chi connectivity index (χ1n) is 8.05. The van der Waals surface area contributed by atoms with Crippen molar-refractivity contribution >= 4 is 17.4 Å². The summed E-state index contributed by atoms with van der Waals surface area (Å²) in [5.74, 6) is 1.45. The fourth-order valence-electron chi connectivity index (χ4n) is 2.50. The highest BCUT2D eigenvalue weighted by Gasteiger charge is 2.22. The van der Waals surface area contributed by atoms with Crippen LogP contribution in [0.1, 0.15) is 54.5 Å². The number of rotatable bonds is 5. The number of aromatic nitrogens is 2. The Bertz CT molecular complexity index is 723. The second kappa shape index (κ2) is 6.36. The Labute approximate surface area is 136 Å². The largest absolute Gasteiger partial charge is 0.367 e. The van der Waals surface area contributed by atoms with Crippen LogP contribution in [0.5, 0.6) is 0 Å². The minimum Gasteiger partial charge on any atom is -0.367 e. The first-order chi connectivity index (χ1) is 11.0. The maximum Gasteiger partial charge on any atom is 0.274 e. The molecule has 5 nitrogen and oxygen atoms in total. The molecule has 0 atom stereocenters. The number of carbonyl (C=O) groups excluding carboxylic acids is 1. The molecule has 1 aliphatic carbocycles. The molecule has 2 aromatic rings. The summed E-state index contributed by atoms with van der Waals surface area (Å²) in [7, 11) is 0. The number of benzene rings is 1. The van der Waals surface area contributed by atoms with Crippen LogP contribution >= 0.6 is 0 Å². The summed E-state index contributed by atoms with van der Waals surface area (Å²) in [4.78, 5) is 21.2. The Kier molecular flexibility index (Phi) is 4.28. The van der Waals surface area contributed by atoms with E-state index in [4.69, 9.17) is 0 Å². The highest BCUT2D eigenvalue weighted by molar-refractivity contribution is 6.03. The van der Waals surface area contributed by atoms with Crippen molar-refractivity contribution < 1.29 is 4.79 Å². The number of hydrogen-bond acceptors (Lipinski definition) is 4. The Morgan fingerprint density at radius 3 is 2.65 bits per heavy atom. The number of aryl methyl sites for hydroxylation is 1. The van der Waals surface area contributed by atoms with Crippen molar-refractivity contribution in [1.29, 1.82) is 0 Å². The van der Waals surface area contributed by atoms with E-state index in [9.17, 15) is 4.79 Å². The second-order valence-corrected chi connectivity index (χ2v) is 6.30. The van der Waals surface area contributed by atoms with Crippen LogP contribution in [-0.4, -0.2) is 21.9 Å². The topological polar surface area (TPSA) is 66.9 Å². The molecule has 1 amide bonds. The highest BCUT2D eigenvalue weighted by atomic mass is 16.1. The lowest BCUT2D eigenvalue weighted by Crippen LogP contribution is -2.17. The van der Waals surface area contributed by atoms with Crippen molar-refractivity contribution in [3.63, 3.8) is 0 Å². The molecule has 1 heterocycles. The molecule has 0 bridgehead atoms. The molecule has 0 unspecified atom stereocenters. The fourth-order valence-corrected chi connectivity index (χ4v) is 2.50. The molecule has 1 saturated carbocycles. The first kappa shape index (κ1) is 15.5. The van der Waals surface area contributed by atoms with Gasteiger partial charge in [0.15, 0.2) is 0 Å². The average molecular weight is 310 g/mol. The molecule has 0 saturated heterocycles. The van der Waals surface area contributed by atoms with E-state index in [0.717, 1.165) is 29.9 Å². The summed E-state index contributed by atoms with van der Waals surface area (Å²) in [5, 5.41) is 6.29.